The van der Waals surface area contributed by atoms with E-state index in [4.69, 9.17) is 9.47 Å². The van der Waals surface area contributed by atoms with E-state index in [9.17, 15) is 4.79 Å². The average Bonchev–Trinajstić information content (AvgIpc) is 3.06. The Hall–Kier alpha value is -3.09. The molecule has 0 saturated carbocycles. The molecular weight excluding hydrogens is 332 g/mol. The maximum atomic E-state index is 12.5. The number of ether oxygens (including phenoxy) is 2. The number of unbranched alkanes of at least 4 members (excludes halogenated alkanes) is 1. The van der Waals surface area contributed by atoms with Gasteiger partial charge in [-0.1, -0.05) is 30.7 Å². The lowest BCUT2D eigenvalue weighted by Gasteiger charge is -2.14. The van der Waals surface area contributed by atoms with Crippen molar-refractivity contribution in [2.75, 3.05) is 19.0 Å². The summed E-state index contributed by atoms with van der Waals surface area (Å²) in [5, 5.41) is 11.0. The second kappa shape index (κ2) is 8.33. The molecule has 0 unspecified atom stereocenters. The molecule has 1 aromatic heterocycles. The van der Waals surface area contributed by atoms with Crippen molar-refractivity contribution in [1.82, 2.24) is 15.0 Å². The molecule has 3 rings (SSSR count). The summed E-state index contributed by atoms with van der Waals surface area (Å²) in [6.07, 6.45) is 1.99. The first-order valence-electron chi connectivity index (χ1n) is 8.60. The third-order valence-electron chi connectivity index (χ3n) is 3.93. The van der Waals surface area contributed by atoms with Gasteiger partial charge < -0.3 is 14.8 Å². The minimum atomic E-state index is -0.214. The van der Waals surface area contributed by atoms with E-state index < -0.39 is 0 Å². The van der Waals surface area contributed by atoms with E-state index in [1.54, 1.807) is 23.9 Å². The van der Waals surface area contributed by atoms with Crippen molar-refractivity contribution in [3.63, 3.8) is 0 Å². The number of nitrogens with zero attached hydrogens (tertiary/aromatic N) is 3. The van der Waals surface area contributed by atoms with Gasteiger partial charge in [0.05, 0.1) is 24.9 Å². The number of para-hydroxylation sites is 1. The lowest BCUT2D eigenvalue weighted by Crippen LogP contribution is -2.20. The molecule has 0 saturated heterocycles. The van der Waals surface area contributed by atoms with Crippen LogP contribution in [0.3, 0.4) is 0 Å². The normalized spacial score (nSPS) is 10.7. The number of rotatable bonds is 8. The highest BCUT2D eigenvalue weighted by Gasteiger charge is 2.12. The molecule has 3 aromatic rings. The summed E-state index contributed by atoms with van der Waals surface area (Å²) >= 11 is 0. The molecule has 2 aromatic carbocycles. The summed E-state index contributed by atoms with van der Waals surface area (Å²) in [4.78, 5) is 12.5. The lowest BCUT2D eigenvalue weighted by molar-refractivity contribution is -0.116. The Kier molecular flexibility index (Phi) is 5.68. The van der Waals surface area contributed by atoms with E-state index in [1.807, 2.05) is 30.3 Å². The van der Waals surface area contributed by atoms with Gasteiger partial charge in [-0.2, -0.15) is 0 Å². The first-order chi connectivity index (χ1) is 12.7. The van der Waals surface area contributed by atoms with Crippen molar-refractivity contribution in [2.45, 2.75) is 26.3 Å². The molecule has 0 aliphatic heterocycles. The Bertz CT molecular complexity index is 891. The van der Waals surface area contributed by atoms with E-state index in [2.05, 4.69) is 22.6 Å². The predicted molar refractivity (Wildman–Crippen MR) is 99.6 cm³/mol. The Balaban J connectivity index is 1.75. The molecule has 26 heavy (non-hydrogen) atoms. The van der Waals surface area contributed by atoms with Gasteiger partial charge in [0, 0.05) is 6.07 Å². The van der Waals surface area contributed by atoms with E-state index in [0.717, 1.165) is 23.9 Å². The number of carbonyl (C=O) groups excluding carboxylic acids is 1. The molecule has 0 aliphatic rings. The van der Waals surface area contributed by atoms with Crippen molar-refractivity contribution in [3.8, 4) is 11.5 Å². The van der Waals surface area contributed by atoms with Crippen LogP contribution in [-0.4, -0.2) is 34.6 Å². The first kappa shape index (κ1) is 17.7. The molecule has 0 bridgehead atoms. The molecule has 0 radical (unpaired) electrons. The fraction of sp³-hybridized carbons (Fsp3) is 0.316. The quantitative estimate of drug-likeness (QED) is 0.628. The zero-order chi connectivity index (χ0) is 18.4. The summed E-state index contributed by atoms with van der Waals surface area (Å²) in [6, 6.07) is 12.9. The molecule has 0 aliphatic carbocycles. The zero-order valence-corrected chi connectivity index (χ0v) is 14.9. The van der Waals surface area contributed by atoms with Gasteiger partial charge in [0.15, 0.2) is 0 Å². The van der Waals surface area contributed by atoms with Crippen LogP contribution in [0.25, 0.3) is 11.0 Å². The molecule has 7 nitrogen and oxygen atoms in total. The monoisotopic (exact) mass is 354 g/mol. The van der Waals surface area contributed by atoms with Crippen LogP contribution >= 0.6 is 0 Å². The van der Waals surface area contributed by atoms with E-state index in [-0.39, 0.29) is 12.5 Å². The zero-order valence-electron chi connectivity index (χ0n) is 14.9. The molecule has 0 spiro atoms. The summed E-state index contributed by atoms with van der Waals surface area (Å²) in [6.45, 7) is 2.76. The predicted octanol–water partition coefficient (Wildman–Crippen LogP) is 3.26. The highest BCUT2D eigenvalue weighted by atomic mass is 16.5. The van der Waals surface area contributed by atoms with Crippen molar-refractivity contribution >= 4 is 22.6 Å². The van der Waals surface area contributed by atoms with E-state index >= 15 is 0 Å². The lowest BCUT2D eigenvalue weighted by atomic mass is 10.2. The van der Waals surface area contributed by atoms with Crippen LogP contribution in [0.1, 0.15) is 19.8 Å². The Labute approximate surface area is 151 Å². The fourth-order valence-electron chi connectivity index (χ4n) is 2.55. The second-order valence-electron chi connectivity index (χ2n) is 5.85. The number of methoxy groups -OCH3 is 1. The minimum absolute atomic E-state index is 0.0616. The molecule has 0 fully saturated rings. The van der Waals surface area contributed by atoms with Gasteiger partial charge in [0.25, 0.3) is 0 Å². The molecular formula is C19H22N4O3. The third kappa shape index (κ3) is 4.11. The molecule has 1 N–H and O–H groups in total. The number of hydrogen-bond acceptors (Lipinski definition) is 5. The number of benzene rings is 2. The fourth-order valence-corrected chi connectivity index (χ4v) is 2.55. The molecule has 0 atom stereocenters. The Morgan fingerprint density at radius 2 is 2.08 bits per heavy atom. The van der Waals surface area contributed by atoms with Gasteiger partial charge in [-0.15, -0.1) is 5.10 Å². The minimum Gasteiger partial charge on any atom is -0.497 e. The van der Waals surface area contributed by atoms with Crippen molar-refractivity contribution < 1.29 is 14.3 Å². The number of hydrogen-bond donors (Lipinski definition) is 1. The van der Waals surface area contributed by atoms with Gasteiger partial charge in [-0.25, -0.2) is 4.68 Å². The maximum absolute atomic E-state index is 12.5. The summed E-state index contributed by atoms with van der Waals surface area (Å²) in [5.74, 6) is 1.06. The van der Waals surface area contributed by atoms with Gasteiger partial charge >= 0.3 is 0 Å². The van der Waals surface area contributed by atoms with Crippen LogP contribution in [0.2, 0.25) is 0 Å². The van der Waals surface area contributed by atoms with Gasteiger partial charge in [0.1, 0.15) is 23.6 Å². The largest absolute Gasteiger partial charge is 0.497 e. The molecule has 136 valence electrons. The van der Waals surface area contributed by atoms with Crippen LogP contribution in [0, 0.1) is 0 Å². The van der Waals surface area contributed by atoms with Crippen LogP contribution in [0.15, 0.2) is 42.5 Å². The van der Waals surface area contributed by atoms with Gasteiger partial charge in [-0.05, 0) is 30.7 Å². The van der Waals surface area contributed by atoms with Crippen LogP contribution in [0.4, 0.5) is 5.69 Å². The van der Waals surface area contributed by atoms with Crippen molar-refractivity contribution in [3.05, 3.63) is 42.5 Å². The summed E-state index contributed by atoms with van der Waals surface area (Å²) in [7, 11) is 1.58. The summed E-state index contributed by atoms with van der Waals surface area (Å²) in [5.41, 5.74) is 2.15. The standard InChI is InChI=1S/C19H22N4O3/c1-3-4-11-26-18-10-9-14(25-2)12-16(18)20-19(24)13-23-17-8-6-5-7-15(17)21-22-23/h5-10,12H,3-4,11,13H2,1-2H3,(H,20,24). The highest BCUT2D eigenvalue weighted by Crippen LogP contribution is 2.29. The molecule has 1 amide bonds. The Morgan fingerprint density at radius 3 is 2.88 bits per heavy atom. The third-order valence-corrected chi connectivity index (χ3v) is 3.93. The molecule has 1 heterocycles. The van der Waals surface area contributed by atoms with Crippen LogP contribution in [-0.2, 0) is 11.3 Å². The number of carbonyl (C=O) groups is 1. The SMILES string of the molecule is CCCCOc1ccc(OC)cc1NC(=O)Cn1nnc2ccccc21. The number of anilines is 1. The number of aromatic nitrogens is 3. The van der Waals surface area contributed by atoms with Crippen LogP contribution < -0.4 is 14.8 Å². The van der Waals surface area contributed by atoms with E-state index in [1.165, 1.54) is 0 Å². The Morgan fingerprint density at radius 1 is 1.23 bits per heavy atom. The first-order valence-corrected chi connectivity index (χ1v) is 8.60. The second-order valence-corrected chi connectivity index (χ2v) is 5.85. The van der Waals surface area contributed by atoms with Crippen molar-refractivity contribution in [2.24, 2.45) is 0 Å². The van der Waals surface area contributed by atoms with E-state index in [0.29, 0.717) is 23.8 Å². The van der Waals surface area contributed by atoms with Crippen LogP contribution in [0.5, 0.6) is 11.5 Å². The summed E-state index contributed by atoms with van der Waals surface area (Å²) < 4.78 is 12.6. The number of fused-ring (bicyclic) bond motifs is 1. The van der Waals surface area contributed by atoms with Crippen molar-refractivity contribution in [1.29, 1.82) is 0 Å². The highest BCUT2D eigenvalue weighted by molar-refractivity contribution is 5.93. The van der Waals surface area contributed by atoms with Gasteiger partial charge in [-0.3, -0.25) is 4.79 Å². The number of amides is 1. The smallest absolute Gasteiger partial charge is 0.246 e. The average molecular weight is 354 g/mol. The van der Waals surface area contributed by atoms with Gasteiger partial charge in [0.2, 0.25) is 5.91 Å². The number of nitrogens with one attached hydrogen (secondary N) is 1. The maximum Gasteiger partial charge on any atom is 0.246 e. The topological polar surface area (TPSA) is 78.3 Å². The molecule has 7 heteroatoms.